The first-order chi connectivity index (χ1) is 16.1. The number of likely N-dealkylation sites (N-methyl/N-ethyl adjacent to an activating group) is 1. The normalized spacial score (nSPS) is 31.7. The molecule has 2 saturated carbocycles. The van der Waals surface area contributed by atoms with Gasteiger partial charge in [-0.05, 0) is 54.4 Å². The molecule has 0 spiro atoms. The van der Waals surface area contributed by atoms with Gasteiger partial charge in [-0.3, -0.25) is 0 Å². The average molecular weight is 444 g/mol. The Hall–Kier alpha value is -2.51. The van der Waals surface area contributed by atoms with Crippen molar-refractivity contribution >= 4 is 0 Å². The number of rotatable bonds is 7. The molecule has 3 unspecified atom stereocenters. The van der Waals surface area contributed by atoms with Gasteiger partial charge in [0.15, 0.2) is 11.5 Å². The van der Waals surface area contributed by atoms with E-state index in [-0.39, 0.29) is 5.41 Å². The Balaban J connectivity index is 1.12. The lowest BCUT2D eigenvalue weighted by atomic mass is 9.67. The summed E-state index contributed by atoms with van der Waals surface area (Å²) in [5, 5.41) is 10.5. The van der Waals surface area contributed by atoms with Crippen molar-refractivity contribution in [3.8, 4) is 17.6 Å². The van der Waals surface area contributed by atoms with E-state index in [1.54, 1.807) is 0 Å². The number of nitriles is 1. The quantitative estimate of drug-likeness (QED) is 0.544. The van der Waals surface area contributed by atoms with Crippen molar-refractivity contribution in [2.45, 2.75) is 43.9 Å². The van der Waals surface area contributed by atoms with Crippen molar-refractivity contribution in [3.63, 3.8) is 0 Å². The van der Waals surface area contributed by atoms with Crippen LogP contribution >= 0.6 is 0 Å². The molecule has 1 saturated heterocycles. The number of piperidine rings is 1. The maximum absolute atomic E-state index is 10.5. The van der Waals surface area contributed by atoms with E-state index in [9.17, 15) is 5.26 Å². The third-order valence-corrected chi connectivity index (χ3v) is 9.29. The van der Waals surface area contributed by atoms with Crippen LogP contribution in [-0.4, -0.2) is 38.0 Å². The Morgan fingerprint density at radius 3 is 2.45 bits per heavy atom. The topological polar surface area (TPSA) is 42.2 Å². The minimum absolute atomic E-state index is 0.289. The predicted molar refractivity (Wildman–Crippen MR) is 128 cm³/mol. The third kappa shape index (κ3) is 3.71. The summed E-state index contributed by atoms with van der Waals surface area (Å²) in [7, 11) is 2.43. The first-order valence-corrected chi connectivity index (χ1v) is 12.8. The summed E-state index contributed by atoms with van der Waals surface area (Å²) >= 11 is 0. The van der Waals surface area contributed by atoms with Crippen LogP contribution in [0.1, 0.15) is 43.2 Å². The van der Waals surface area contributed by atoms with Gasteiger partial charge in [0.2, 0.25) is 6.79 Å². The molecule has 33 heavy (non-hydrogen) atoms. The molecule has 2 heterocycles. The van der Waals surface area contributed by atoms with Crippen LogP contribution in [0.3, 0.4) is 0 Å². The molecule has 0 radical (unpaired) electrons. The van der Waals surface area contributed by atoms with E-state index in [0.29, 0.717) is 12.7 Å². The number of hydrogen-bond donors (Lipinski definition) is 0. The van der Waals surface area contributed by atoms with E-state index in [0.717, 1.165) is 46.6 Å². The molecule has 4 aliphatic rings. The number of fused-ring (bicyclic) bond motifs is 2. The van der Waals surface area contributed by atoms with Crippen LogP contribution in [0.25, 0.3) is 0 Å². The molecule has 2 aromatic rings. The zero-order valence-corrected chi connectivity index (χ0v) is 19.7. The molecule has 172 valence electrons. The maximum Gasteiger partial charge on any atom is 0.231 e. The van der Waals surface area contributed by atoms with Crippen molar-refractivity contribution in [2.24, 2.45) is 23.7 Å². The SMILES string of the molecule is C[N+]1(CCc2ccc3c(c2)OCO3)CC2C(CC(C#N)(c3ccccc3)C3CCCC3)C2C1. The molecule has 3 fully saturated rings. The molecule has 2 aliphatic heterocycles. The number of quaternary nitrogens is 1. The molecule has 4 nitrogen and oxygen atoms in total. The van der Waals surface area contributed by atoms with Gasteiger partial charge in [-0.2, -0.15) is 5.26 Å². The second-order valence-electron chi connectivity index (χ2n) is 11.3. The Labute approximate surface area is 197 Å². The minimum Gasteiger partial charge on any atom is -0.454 e. The molecule has 0 bridgehead atoms. The van der Waals surface area contributed by atoms with Crippen LogP contribution in [0.2, 0.25) is 0 Å². The van der Waals surface area contributed by atoms with Crippen molar-refractivity contribution in [1.29, 1.82) is 5.26 Å². The van der Waals surface area contributed by atoms with Crippen LogP contribution in [0, 0.1) is 35.0 Å². The number of benzene rings is 2. The summed E-state index contributed by atoms with van der Waals surface area (Å²) in [4.78, 5) is 0. The van der Waals surface area contributed by atoms with Gasteiger partial charge in [-0.15, -0.1) is 0 Å². The van der Waals surface area contributed by atoms with E-state index in [1.807, 2.05) is 6.07 Å². The summed E-state index contributed by atoms with van der Waals surface area (Å²) in [5.74, 6) is 4.60. The van der Waals surface area contributed by atoms with Crippen LogP contribution in [0.4, 0.5) is 0 Å². The molecule has 4 heteroatoms. The molecule has 2 aromatic carbocycles. The number of ether oxygens (including phenoxy) is 2. The summed E-state index contributed by atoms with van der Waals surface area (Å²) in [5.41, 5.74) is 2.32. The van der Waals surface area contributed by atoms with Gasteiger partial charge < -0.3 is 14.0 Å². The van der Waals surface area contributed by atoms with E-state index in [4.69, 9.17) is 9.47 Å². The molecule has 2 aliphatic carbocycles. The van der Waals surface area contributed by atoms with Gasteiger partial charge in [0.1, 0.15) is 0 Å². The highest BCUT2D eigenvalue weighted by atomic mass is 16.7. The van der Waals surface area contributed by atoms with Crippen molar-refractivity contribution in [3.05, 3.63) is 59.7 Å². The van der Waals surface area contributed by atoms with Gasteiger partial charge in [0.25, 0.3) is 0 Å². The number of likely N-dealkylation sites (tertiary alicyclic amines) is 1. The van der Waals surface area contributed by atoms with E-state index >= 15 is 0 Å². The number of nitrogens with zero attached hydrogens (tertiary/aromatic N) is 2. The van der Waals surface area contributed by atoms with E-state index < -0.39 is 0 Å². The van der Waals surface area contributed by atoms with Crippen LogP contribution in [0.15, 0.2) is 48.5 Å². The van der Waals surface area contributed by atoms with Crippen molar-refractivity contribution in [1.82, 2.24) is 0 Å². The summed E-state index contributed by atoms with van der Waals surface area (Å²) in [6, 6.07) is 20.0. The second kappa shape index (κ2) is 8.06. The molecule has 0 aromatic heterocycles. The molecular formula is C29H35N2O2+. The standard InChI is InChI=1S/C29H35N2O2/c1-31(14-13-21-11-12-27-28(15-21)33-20-32-27)17-25-24(26(25)18-31)16-29(19-30,23-9-5-6-10-23)22-7-3-2-4-8-22/h2-4,7-8,11-12,15,23-26H,5-6,9-10,13-14,16-18,20H2,1H3/q+1. The third-order valence-electron chi connectivity index (χ3n) is 9.29. The fraction of sp³-hybridized carbons (Fsp3) is 0.552. The Morgan fingerprint density at radius 1 is 1.00 bits per heavy atom. The summed E-state index contributed by atoms with van der Waals surface area (Å²) < 4.78 is 12.2. The lowest BCUT2D eigenvalue weighted by Gasteiger charge is -2.36. The highest BCUT2D eigenvalue weighted by molar-refractivity contribution is 5.44. The smallest absolute Gasteiger partial charge is 0.231 e. The van der Waals surface area contributed by atoms with Crippen molar-refractivity contribution in [2.75, 3.05) is 33.5 Å². The Morgan fingerprint density at radius 2 is 1.73 bits per heavy atom. The lowest BCUT2D eigenvalue weighted by molar-refractivity contribution is -0.903. The van der Waals surface area contributed by atoms with Gasteiger partial charge >= 0.3 is 0 Å². The van der Waals surface area contributed by atoms with Gasteiger partial charge in [-0.25, -0.2) is 0 Å². The highest BCUT2D eigenvalue weighted by Crippen LogP contribution is 2.60. The summed E-state index contributed by atoms with van der Waals surface area (Å²) in [6.45, 7) is 4.04. The molecule has 3 atom stereocenters. The van der Waals surface area contributed by atoms with E-state index in [2.05, 4.69) is 55.6 Å². The minimum atomic E-state index is -0.289. The molecule has 6 rings (SSSR count). The monoisotopic (exact) mass is 443 g/mol. The fourth-order valence-electron chi connectivity index (χ4n) is 7.39. The zero-order chi connectivity index (χ0) is 22.5. The van der Waals surface area contributed by atoms with Crippen LogP contribution < -0.4 is 9.47 Å². The van der Waals surface area contributed by atoms with Crippen LogP contribution in [-0.2, 0) is 11.8 Å². The van der Waals surface area contributed by atoms with Crippen LogP contribution in [0.5, 0.6) is 11.5 Å². The lowest BCUT2D eigenvalue weighted by Crippen LogP contribution is -2.46. The first-order valence-electron chi connectivity index (χ1n) is 12.8. The summed E-state index contributed by atoms with van der Waals surface area (Å²) in [6.07, 6.45) is 7.14. The van der Waals surface area contributed by atoms with Crippen molar-refractivity contribution < 1.29 is 14.0 Å². The van der Waals surface area contributed by atoms with E-state index in [1.165, 1.54) is 56.4 Å². The zero-order valence-electron chi connectivity index (χ0n) is 19.7. The Kier molecular flexibility index (Phi) is 5.14. The largest absolute Gasteiger partial charge is 0.454 e. The fourth-order valence-corrected chi connectivity index (χ4v) is 7.39. The maximum atomic E-state index is 10.5. The molecule has 0 N–H and O–H groups in total. The molecule has 0 amide bonds. The Bertz CT molecular complexity index is 1040. The van der Waals surface area contributed by atoms with Gasteiger partial charge in [-0.1, -0.05) is 49.2 Å². The number of hydrogen-bond acceptors (Lipinski definition) is 3. The first kappa shape index (κ1) is 21.1. The van der Waals surface area contributed by atoms with Gasteiger partial charge in [0.05, 0.1) is 38.2 Å². The highest BCUT2D eigenvalue weighted by Gasteiger charge is 2.63. The molecular weight excluding hydrogens is 408 g/mol. The second-order valence-corrected chi connectivity index (χ2v) is 11.3. The predicted octanol–water partition coefficient (Wildman–Crippen LogP) is 5.32. The average Bonchev–Trinajstić information content (AvgIpc) is 3.38. The van der Waals surface area contributed by atoms with Gasteiger partial charge in [0, 0.05) is 18.3 Å².